The molecule has 23 heavy (non-hydrogen) atoms. The average Bonchev–Trinajstić information content (AvgIpc) is 2.95. The molecule has 1 N–H and O–H groups in total. The summed E-state index contributed by atoms with van der Waals surface area (Å²) in [6.45, 7) is 5.87. The predicted octanol–water partition coefficient (Wildman–Crippen LogP) is 0.556. The number of carbonyl (C=O) groups excluding carboxylic acids is 1. The highest BCUT2D eigenvalue weighted by atomic mass is 32.2. The SMILES string of the molecule is CCSc1nnc(NC(=O)CN2CCN(S(=O)(=O)CC)CC2)s1. The maximum absolute atomic E-state index is 12.0. The summed E-state index contributed by atoms with van der Waals surface area (Å²) >= 11 is 2.94. The van der Waals surface area contributed by atoms with Gasteiger partial charge in [-0.25, -0.2) is 8.42 Å². The van der Waals surface area contributed by atoms with Crippen LogP contribution in [0.4, 0.5) is 5.13 Å². The molecule has 8 nitrogen and oxygen atoms in total. The van der Waals surface area contributed by atoms with Crippen molar-refractivity contribution in [3.8, 4) is 0 Å². The molecule has 0 saturated carbocycles. The van der Waals surface area contributed by atoms with Crippen molar-refractivity contribution in [2.75, 3.05) is 49.5 Å². The largest absolute Gasteiger partial charge is 0.299 e. The van der Waals surface area contributed by atoms with Gasteiger partial charge >= 0.3 is 0 Å². The number of nitrogens with one attached hydrogen (secondary N) is 1. The Labute approximate surface area is 144 Å². The molecular formula is C12H21N5O3S3. The van der Waals surface area contributed by atoms with Crippen LogP contribution >= 0.6 is 23.1 Å². The fourth-order valence-electron chi connectivity index (χ4n) is 2.15. The van der Waals surface area contributed by atoms with Gasteiger partial charge < -0.3 is 0 Å². The van der Waals surface area contributed by atoms with Gasteiger partial charge in [0.1, 0.15) is 0 Å². The van der Waals surface area contributed by atoms with Crippen LogP contribution in [-0.2, 0) is 14.8 Å². The first-order chi connectivity index (χ1) is 10.9. The molecule has 1 aromatic rings. The van der Waals surface area contributed by atoms with E-state index in [-0.39, 0.29) is 18.2 Å². The highest BCUT2D eigenvalue weighted by Crippen LogP contribution is 2.24. The molecule has 1 saturated heterocycles. The van der Waals surface area contributed by atoms with Crippen molar-refractivity contribution in [1.29, 1.82) is 0 Å². The summed E-state index contributed by atoms with van der Waals surface area (Å²) < 4.78 is 25.9. The fraction of sp³-hybridized carbons (Fsp3) is 0.750. The van der Waals surface area contributed by atoms with Crippen molar-refractivity contribution in [1.82, 2.24) is 19.4 Å². The Balaban J connectivity index is 1.78. The van der Waals surface area contributed by atoms with Crippen molar-refractivity contribution < 1.29 is 13.2 Å². The summed E-state index contributed by atoms with van der Waals surface area (Å²) in [6, 6.07) is 0. The predicted molar refractivity (Wildman–Crippen MR) is 92.4 cm³/mol. The van der Waals surface area contributed by atoms with Gasteiger partial charge in [0.25, 0.3) is 0 Å². The maximum atomic E-state index is 12.0. The van der Waals surface area contributed by atoms with E-state index in [0.717, 1.165) is 10.1 Å². The molecule has 0 spiro atoms. The number of piperazine rings is 1. The molecule has 1 aliphatic rings. The molecule has 0 atom stereocenters. The first-order valence-electron chi connectivity index (χ1n) is 7.41. The van der Waals surface area contributed by atoms with E-state index >= 15 is 0 Å². The first kappa shape index (κ1) is 18.6. The molecule has 0 radical (unpaired) electrons. The highest BCUT2D eigenvalue weighted by molar-refractivity contribution is 8.01. The topological polar surface area (TPSA) is 95.5 Å². The van der Waals surface area contributed by atoms with Gasteiger partial charge in [-0.15, -0.1) is 10.2 Å². The van der Waals surface area contributed by atoms with E-state index in [1.807, 2.05) is 11.8 Å². The van der Waals surface area contributed by atoms with Gasteiger partial charge in [-0.3, -0.25) is 15.0 Å². The van der Waals surface area contributed by atoms with Gasteiger partial charge in [-0.1, -0.05) is 30.0 Å². The molecule has 0 aromatic carbocycles. The third-order valence-electron chi connectivity index (χ3n) is 3.38. The van der Waals surface area contributed by atoms with Gasteiger partial charge in [0.15, 0.2) is 4.34 Å². The van der Waals surface area contributed by atoms with E-state index in [9.17, 15) is 13.2 Å². The zero-order valence-electron chi connectivity index (χ0n) is 13.2. The minimum atomic E-state index is -3.14. The van der Waals surface area contributed by atoms with E-state index in [4.69, 9.17) is 0 Å². The van der Waals surface area contributed by atoms with Crippen LogP contribution in [0, 0.1) is 0 Å². The Morgan fingerprint density at radius 2 is 1.96 bits per heavy atom. The molecule has 0 unspecified atom stereocenters. The standard InChI is InChI=1S/C12H21N5O3S3/c1-3-21-12-15-14-11(22-12)13-10(18)9-16-5-7-17(8-6-16)23(19,20)4-2/h3-9H2,1-2H3,(H,13,14,18). The second-order valence-electron chi connectivity index (χ2n) is 4.93. The number of hydrogen-bond donors (Lipinski definition) is 1. The minimum Gasteiger partial charge on any atom is -0.299 e. The quantitative estimate of drug-likeness (QED) is 0.546. The average molecular weight is 380 g/mol. The summed E-state index contributed by atoms with van der Waals surface area (Å²) in [5.74, 6) is 0.872. The van der Waals surface area contributed by atoms with E-state index in [0.29, 0.717) is 31.3 Å². The minimum absolute atomic E-state index is 0.114. The highest BCUT2D eigenvalue weighted by Gasteiger charge is 2.26. The lowest BCUT2D eigenvalue weighted by atomic mass is 10.3. The second kappa shape index (κ2) is 8.38. The van der Waals surface area contributed by atoms with Crippen molar-refractivity contribution in [2.24, 2.45) is 0 Å². The van der Waals surface area contributed by atoms with Crippen molar-refractivity contribution in [2.45, 2.75) is 18.2 Å². The van der Waals surface area contributed by atoms with Crippen LogP contribution < -0.4 is 5.32 Å². The number of amides is 1. The lowest BCUT2D eigenvalue weighted by Crippen LogP contribution is -2.50. The van der Waals surface area contributed by atoms with E-state index in [2.05, 4.69) is 15.5 Å². The Morgan fingerprint density at radius 3 is 2.57 bits per heavy atom. The Hall–Kier alpha value is -0.750. The Bertz CT molecular complexity index is 626. The number of sulfonamides is 1. The third-order valence-corrected chi connectivity index (χ3v) is 7.11. The van der Waals surface area contributed by atoms with E-state index in [1.54, 1.807) is 18.7 Å². The molecule has 11 heteroatoms. The summed E-state index contributed by atoms with van der Waals surface area (Å²) in [5.41, 5.74) is 0. The van der Waals surface area contributed by atoms with Crippen molar-refractivity contribution >= 4 is 44.2 Å². The molecular weight excluding hydrogens is 358 g/mol. The smallest absolute Gasteiger partial charge is 0.240 e. The normalized spacial score (nSPS) is 17.3. The zero-order chi connectivity index (χ0) is 16.9. The van der Waals surface area contributed by atoms with Crippen LogP contribution in [0.15, 0.2) is 4.34 Å². The number of aromatic nitrogens is 2. The number of thioether (sulfide) groups is 1. The van der Waals surface area contributed by atoms with Crippen molar-refractivity contribution in [3.05, 3.63) is 0 Å². The monoisotopic (exact) mass is 379 g/mol. The van der Waals surface area contributed by atoms with Gasteiger partial charge in [0.2, 0.25) is 21.1 Å². The summed E-state index contributed by atoms with van der Waals surface area (Å²) in [6.07, 6.45) is 0. The van der Waals surface area contributed by atoms with Crippen LogP contribution in [0.3, 0.4) is 0 Å². The number of rotatable bonds is 7. The molecule has 2 rings (SSSR count). The zero-order valence-corrected chi connectivity index (χ0v) is 15.6. The Kier molecular flexibility index (Phi) is 6.77. The number of nitrogens with zero attached hydrogens (tertiary/aromatic N) is 4. The van der Waals surface area contributed by atoms with Crippen LogP contribution in [0.25, 0.3) is 0 Å². The number of carbonyl (C=O) groups is 1. The van der Waals surface area contributed by atoms with Gasteiger partial charge in [0, 0.05) is 26.2 Å². The summed E-state index contributed by atoms with van der Waals surface area (Å²) in [7, 11) is -3.14. The number of anilines is 1. The van der Waals surface area contributed by atoms with Crippen LogP contribution in [-0.4, -0.2) is 78.0 Å². The molecule has 1 aliphatic heterocycles. The number of hydrogen-bond acceptors (Lipinski definition) is 8. The summed E-state index contributed by atoms with van der Waals surface area (Å²) in [4.78, 5) is 14.0. The molecule has 1 amide bonds. The fourth-order valence-corrected chi connectivity index (χ4v) is 4.90. The van der Waals surface area contributed by atoms with Crippen LogP contribution in [0.2, 0.25) is 0 Å². The van der Waals surface area contributed by atoms with Gasteiger partial charge in [0.05, 0.1) is 12.3 Å². The van der Waals surface area contributed by atoms with E-state index in [1.165, 1.54) is 15.6 Å². The first-order valence-corrected chi connectivity index (χ1v) is 10.8. The maximum Gasteiger partial charge on any atom is 0.240 e. The summed E-state index contributed by atoms with van der Waals surface area (Å²) in [5, 5.41) is 11.2. The van der Waals surface area contributed by atoms with E-state index < -0.39 is 10.0 Å². The van der Waals surface area contributed by atoms with Gasteiger partial charge in [-0.05, 0) is 12.7 Å². The lowest BCUT2D eigenvalue weighted by Gasteiger charge is -2.33. The molecule has 1 aromatic heterocycles. The van der Waals surface area contributed by atoms with Gasteiger partial charge in [-0.2, -0.15) is 4.31 Å². The Morgan fingerprint density at radius 1 is 1.26 bits per heavy atom. The lowest BCUT2D eigenvalue weighted by molar-refractivity contribution is -0.117. The molecule has 2 heterocycles. The molecule has 130 valence electrons. The van der Waals surface area contributed by atoms with Crippen LogP contribution in [0.5, 0.6) is 0 Å². The third kappa shape index (κ3) is 5.38. The van der Waals surface area contributed by atoms with Crippen molar-refractivity contribution in [3.63, 3.8) is 0 Å². The molecule has 1 fully saturated rings. The molecule has 0 bridgehead atoms. The second-order valence-corrected chi connectivity index (χ2v) is 9.68. The molecule has 0 aliphatic carbocycles. The van der Waals surface area contributed by atoms with Crippen LogP contribution in [0.1, 0.15) is 13.8 Å².